The first kappa shape index (κ1) is 15.4. The Hall–Kier alpha value is -0.510. The number of nitrogens with one attached hydrogen (secondary N) is 1. The third kappa shape index (κ3) is 3.64. The van der Waals surface area contributed by atoms with Crippen LogP contribution in [0.5, 0.6) is 0 Å². The van der Waals surface area contributed by atoms with Gasteiger partial charge in [0.15, 0.2) is 0 Å². The summed E-state index contributed by atoms with van der Waals surface area (Å²) in [7, 11) is 2.11. The second kappa shape index (κ2) is 6.72. The molecule has 2 nitrogen and oxygen atoms in total. The van der Waals surface area contributed by atoms with Crippen molar-refractivity contribution in [2.24, 2.45) is 5.92 Å². The Bertz CT molecular complexity index is 455. The molecule has 1 spiro atoms. The summed E-state index contributed by atoms with van der Waals surface area (Å²) in [6, 6.07) is 9.48. The van der Waals surface area contributed by atoms with Gasteiger partial charge in [-0.25, -0.2) is 0 Å². The SMILES string of the molecule is CNC(CSc1ccc(C)cc1)C1CCOC2(CCC2)C1. The zero-order valence-electron chi connectivity index (χ0n) is 13.2. The Morgan fingerprint density at radius 2 is 2.10 bits per heavy atom. The van der Waals surface area contributed by atoms with Crippen LogP contribution < -0.4 is 5.32 Å². The first-order valence-corrected chi connectivity index (χ1v) is 9.20. The lowest BCUT2D eigenvalue weighted by Gasteiger charge is -2.48. The highest BCUT2D eigenvalue weighted by molar-refractivity contribution is 7.99. The summed E-state index contributed by atoms with van der Waals surface area (Å²) in [6.45, 7) is 3.10. The fourth-order valence-electron chi connectivity index (χ4n) is 3.60. The lowest BCUT2D eigenvalue weighted by molar-refractivity contribution is -0.146. The van der Waals surface area contributed by atoms with E-state index in [1.807, 2.05) is 11.8 Å². The molecule has 2 aliphatic rings. The van der Waals surface area contributed by atoms with Crippen LogP contribution in [0.3, 0.4) is 0 Å². The second-order valence-corrected chi connectivity index (χ2v) is 7.75. The topological polar surface area (TPSA) is 21.3 Å². The molecular weight excluding hydrogens is 278 g/mol. The van der Waals surface area contributed by atoms with Crippen LogP contribution in [0.4, 0.5) is 0 Å². The van der Waals surface area contributed by atoms with E-state index >= 15 is 0 Å². The highest BCUT2D eigenvalue weighted by Gasteiger charge is 2.43. The molecule has 2 unspecified atom stereocenters. The Balaban J connectivity index is 1.55. The van der Waals surface area contributed by atoms with Crippen molar-refractivity contribution in [2.45, 2.75) is 55.6 Å². The molecule has 0 radical (unpaired) electrons. The third-order valence-electron chi connectivity index (χ3n) is 5.19. The van der Waals surface area contributed by atoms with Gasteiger partial charge >= 0.3 is 0 Å². The van der Waals surface area contributed by atoms with Gasteiger partial charge in [0, 0.05) is 23.3 Å². The van der Waals surface area contributed by atoms with Crippen LogP contribution in [0.2, 0.25) is 0 Å². The summed E-state index contributed by atoms with van der Waals surface area (Å²) in [4.78, 5) is 1.38. The number of thioether (sulfide) groups is 1. The maximum absolute atomic E-state index is 6.07. The minimum atomic E-state index is 0.256. The molecule has 1 heterocycles. The maximum atomic E-state index is 6.07. The van der Waals surface area contributed by atoms with Crippen molar-refractivity contribution < 1.29 is 4.74 Å². The van der Waals surface area contributed by atoms with Crippen molar-refractivity contribution in [1.82, 2.24) is 5.32 Å². The molecule has 0 aromatic heterocycles. The van der Waals surface area contributed by atoms with Crippen LogP contribution in [0.25, 0.3) is 0 Å². The third-order valence-corrected chi connectivity index (χ3v) is 6.32. The van der Waals surface area contributed by atoms with Gasteiger partial charge in [-0.15, -0.1) is 11.8 Å². The zero-order chi connectivity index (χ0) is 14.7. The van der Waals surface area contributed by atoms with Crippen LogP contribution in [-0.2, 0) is 4.74 Å². The van der Waals surface area contributed by atoms with E-state index in [1.54, 1.807) is 0 Å². The van der Waals surface area contributed by atoms with E-state index in [9.17, 15) is 0 Å². The van der Waals surface area contributed by atoms with Crippen molar-refractivity contribution in [3.05, 3.63) is 29.8 Å². The van der Waals surface area contributed by atoms with Crippen LogP contribution in [0.15, 0.2) is 29.2 Å². The number of hydrogen-bond acceptors (Lipinski definition) is 3. The molecule has 21 heavy (non-hydrogen) atoms. The summed E-state index contributed by atoms with van der Waals surface area (Å²) in [6.07, 6.45) is 6.39. The molecular formula is C18H27NOS. The van der Waals surface area contributed by atoms with Crippen LogP contribution >= 0.6 is 11.8 Å². The summed E-state index contributed by atoms with van der Waals surface area (Å²) in [5, 5.41) is 3.56. The fourth-order valence-corrected chi connectivity index (χ4v) is 4.74. The van der Waals surface area contributed by atoms with Crippen molar-refractivity contribution in [3.8, 4) is 0 Å². The van der Waals surface area contributed by atoms with Gasteiger partial charge in [0.25, 0.3) is 0 Å². The molecule has 116 valence electrons. The molecule has 1 aromatic rings. The van der Waals surface area contributed by atoms with Gasteiger partial charge in [-0.05, 0) is 64.1 Å². The van der Waals surface area contributed by atoms with E-state index in [0.29, 0.717) is 6.04 Å². The van der Waals surface area contributed by atoms with Crippen molar-refractivity contribution in [3.63, 3.8) is 0 Å². The number of ether oxygens (including phenoxy) is 1. The first-order valence-electron chi connectivity index (χ1n) is 8.21. The van der Waals surface area contributed by atoms with E-state index in [2.05, 4.69) is 43.6 Å². The molecule has 3 heteroatoms. The number of rotatable bonds is 5. The van der Waals surface area contributed by atoms with E-state index in [0.717, 1.165) is 18.3 Å². The highest BCUT2D eigenvalue weighted by Crippen LogP contribution is 2.45. The van der Waals surface area contributed by atoms with Crippen LogP contribution in [0.1, 0.15) is 37.7 Å². The highest BCUT2D eigenvalue weighted by atomic mass is 32.2. The van der Waals surface area contributed by atoms with Crippen LogP contribution in [-0.4, -0.2) is 31.1 Å². The fraction of sp³-hybridized carbons (Fsp3) is 0.667. The van der Waals surface area contributed by atoms with Crippen molar-refractivity contribution in [2.75, 3.05) is 19.4 Å². The summed E-state index contributed by atoms with van der Waals surface area (Å²) in [5.41, 5.74) is 1.59. The Morgan fingerprint density at radius 1 is 1.33 bits per heavy atom. The van der Waals surface area contributed by atoms with E-state index in [-0.39, 0.29) is 5.60 Å². The molecule has 0 amide bonds. The summed E-state index contributed by atoms with van der Waals surface area (Å²) < 4.78 is 6.07. The van der Waals surface area contributed by atoms with Gasteiger partial charge in [0.1, 0.15) is 0 Å². The maximum Gasteiger partial charge on any atom is 0.0685 e. The molecule has 1 aliphatic heterocycles. The molecule has 0 bridgehead atoms. The number of benzene rings is 1. The molecule has 1 saturated heterocycles. The molecule has 3 rings (SSSR count). The van der Waals surface area contributed by atoms with Gasteiger partial charge < -0.3 is 10.1 Å². The molecule has 1 aliphatic carbocycles. The molecule has 1 N–H and O–H groups in total. The lowest BCUT2D eigenvalue weighted by Crippen LogP contribution is -2.50. The molecule has 2 fully saturated rings. The first-order chi connectivity index (χ1) is 10.2. The largest absolute Gasteiger partial charge is 0.375 e. The molecule has 1 saturated carbocycles. The number of hydrogen-bond donors (Lipinski definition) is 1. The Labute approximate surface area is 133 Å². The van der Waals surface area contributed by atoms with E-state index in [4.69, 9.17) is 4.74 Å². The Morgan fingerprint density at radius 3 is 2.71 bits per heavy atom. The predicted octanol–water partition coefficient (Wildman–Crippen LogP) is 4.02. The van der Waals surface area contributed by atoms with Gasteiger partial charge in [0.05, 0.1) is 5.60 Å². The summed E-state index contributed by atoms with van der Waals surface area (Å²) in [5.74, 6) is 1.92. The van der Waals surface area contributed by atoms with Gasteiger partial charge in [-0.2, -0.15) is 0 Å². The average molecular weight is 305 g/mol. The van der Waals surface area contributed by atoms with Crippen molar-refractivity contribution >= 4 is 11.8 Å². The smallest absolute Gasteiger partial charge is 0.0685 e. The lowest BCUT2D eigenvalue weighted by atomic mass is 9.70. The van der Waals surface area contributed by atoms with Gasteiger partial charge in [0.2, 0.25) is 0 Å². The van der Waals surface area contributed by atoms with Crippen molar-refractivity contribution in [1.29, 1.82) is 0 Å². The minimum absolute atomic E-state index is 0.256. The summed E-state index contributed by atoms with van der Waals surface area (Å²) >= 11 is 1.98. The Kier molecular flexibility index (Phi) is 4.92. The van der Waals surface area contributed by atoms with E-state index < -0.39 is 0 Å². The molecule has 2 atom stereocenters. The second-order valence-electron chi connectivity index (χ2n) is 6.66. The van der Waals surface area contributed by atoms with Gasteiger partial charge in [-0.1, -0.05) is 17.7 Å². The predicted molar refractivity (Wildman–Crippen MR) is 90.0 cm³/mol. The normalized spacial score (nSPS) is 25.5. The van der Waals surface area contributed by atoms with E-state index in [1.165, 1.54) is 42.6 Å². The average Bonchev–Trinajstić information content (AvgIpc) is 2.48. The van der Waals surface area contributed by atoms with Crippen LogP contribution in [0, 0.1) is 12.8 Å². The monoisotopic (exact) mass is 305 g/mol. The standard InChI is InChI=1S/C18H27NOS/c1-14-4-6-16(7-5-14)21-13-17(19-2)15-8-11-20-18(12-15)9-3-10-18/h4-7,15,17,19H,3,8-13H2,1-2H3. The minimum Gasteiger partial charge on any atom is -0.375 e. The number of aryl methyl sites for hydroxylation is 1. The molecule has 1 aromatic carbocycles. The zero-order valence-corrected chi connectivity index (χ0v) is 14.0. The quantitative estimate of drug-likeness (QED) is 0.830. The van der Waals surface area contributed by atoms with Gasteiger partial charge in [-0.3, -0.25) is 0 Å².